The van der Waals surface area contributed by atoms with Gasteiger partial charge in [-0.15, -0.1) is 0 Å². The Labute approximate surface area is 234 Å². The second-order valence-corrected chi connectivity index (χ2v) is 11.5. The minimum Gasteiger partial charge on any atom is -0.354 e. The van der Waals surface area contributed by atoms with Crippen LogP contribution >= 0.6 is 11.6 Å². The highest BCUT2D eigenvalue weighted by molar-refractivity contribution is 7.92. The van der Waals surface area contributed by atoms with Crippen molar-refractivity contribution in [2.75, 3.05) is 17.4 Å². The summed E-state index contributed by atoms with van der Waals surface area (Å²) in [6.45, 7) is 5.47. The molecule has 0 aliphatic heterocycles. The lowest BCUT2D eigenvalue weighted by atomic mass is 10.1. The average molecular weight is 574 g/mol. The summed E-state index contributed by atoms with van der Waals surface area (Å²) in [4.78, 5) is 28.4. The highest BCUT2D eigenvalue weighted by Gasteiger charge is 2.33. The first-order valence-electron chi connectivity index (χ1n) is 12.7. The van der Waals surface area contributed by atoms with Gasteiger partial charge in [-0.25, -0.2) is 12.8 Å². The molecule has 0 bridgehead atoms. The van der Waals surface area contributed by atoms with E-state index in [1.54, 1.807) is 43.3 Å². The lowest BCUT2D eigenvalue weighted by Crippen LogP contribution is -2.52. The van der Waals surface area contributed by atoms with Gasteiger partial charge in [-0.1, -0.05) is 55.3 Å². The number of aryl methyl sites for hydroxylation is 1. The summed E-state index contributed by atoms with van der Waals surface area (Å²) >= 11 is 6.03. The van der Waals surface area contributed by atoms with Crippen molar-refractivity contribution in [3.8, 4) is 0 Å². The van der Waals surface area contributed by atoms with Gasteiger partial charge < -0.3 is 10.2 Å². The minimum atomic E-state index is -4.21. The number of carbonyl (C=O) groups excluding carboxylic acids is 2. The molecule has 1 unspecified atom stereocenters. The maximum absolute atomic E-state index is 13.9. The number of nitrogens with zero attached hydrogens (tertiary/aromatic N) is 2. The Balaban J connectivity index is 2.03. The quantitative estimate of drug-likeness (QED) is 0.318. The van der Waals surface area contributed by atoms with E-state index in [2.05, 4.69) is 5.32 Å². The molecule has 1 N–H and O–H groups in total. The molecule has 3 aromatic carbocycles. The molecule has 0 fully saturated rings. The Morgan fingerprint density at radius 2 is 1.56 bits per heavy atom. The molecule has 0 aromatic heterocycles. The predicted molar refractivity (Wildman–Crippen MR) is 151 cm³/mol. The van der Waals surface area contributed by atoms with Crippen LogP contribution < -0.4 is 9.62 Å². The van der Waals surface area contributed by atoms with E-state index in [4.69, 9.17) is 11.6 Å². The number of rotatable bonds is 12. The summed E-state index contributed by atoms with van der Waals surface area (Å²) in [7, 11) is -4.21. The Kier molecular flexibility index (Phi) is 10.5. The molecular weight excluding hydrogens is 541 g/mol. The lowest BCUT2D eigenvalue weighted by Gasteiger charge is -2.33. The van der Waals surface area contributed by atoms with Crippen LogP contribution in [0.5, 0.6) is 0 Å². The number of halogens is 2. The van der Waals surface area contributed by atoms with Gasteiger partial charge in [0, 0.05) is 18.1 Å². The van der Waals surface area contributed by atoms with Crippen LogP contribution in [0.15, 0.2) is 77.7 Å². The molecule has 0 saturated carbocycles. The predicted octanol–water partition coefficient (Wildman–Crippen LogP) is 5.32. The van der Waals surface area contributed by atoms with Crippen LogP contribution in [0.4, 0.5) is 10.1 Å². The van der Waals surface area contributed by atoms with Gasteiger partial charge >= 0.3 is 0 Å². The fraction of sp³-hybridized carbons (Fsp3) is 0.310. The van der Waals surface area contributed by atoms with Crippen LogP contribution in [0.3, 0.4) is 0 Å². The van der Waals surface area contributed by atoms with E-state index in [0.29, 0.717) is 18.0 Å². The van der Waals surface area contributed by atoms with Gasteiger partial charge in [-0.2, -0.15) is 0 Å². The second-order valence-electron chi connectivity index (χ2n) is 9.16. The fourth-order valence-electron chi connectivity index (χ4n) is 4.05. The van der Waals surface area contributed by atoms with E-state index >= 15 is 0 Å². The summed E-state index contributed by atoms with van der Waals surface area (Å²) < 4.78 is 42.2. The Hall–Kier alpha value is -3.43. The van der Waals surface area contributed by atoms with E-state index in [0.717, 1.165) is 34.0 Å². The zero-order chi connectivity index (χ0) is 28.6. The van der Waals surface area contributed by atoms with E-state index in [1.165, 1.54) is 29.2 Å². The Morgan fingerprint density at radius 1 is 0.949 bits per heavy atom. The van der Waals surface area contributed by atoms with Crippen molar-refractivity contribution in [1.82, 2.24) is 10.2 Å². The Bertz CT molecular complexity index is 1370. The highest BCUT2D eigenvalue weighted by Crippen LogP contribution is 2.25. The normalized spacial score (nSPS) is 12.0. The van der Waals surface area contributed by atoms with E-state index in [-0.39, 0.29) is 23.0 Å². The minimum absolute atomic E-state index is 0.0118. The lowest BCUT2D eigenvalue weighted by molar-refractivity contribution is -0.140. The van der Waals surface area contributed by atoms with Gasteiger partial charge in [0.05, 0.1) is 10.6 Å². The third-order valence-corrected chi connectivity index (χ3v) is 8.24. The summed E-state index contributed by atoms with van der Waals surface area (Å²) in [5.41, 5.74) is 1.72. The monoisotopic (exact) mass is 573 g/mol. The standard InChI is InChI=1S/C29H33ClFN3O4S/c1-4-18-32-29(36)27(5-2)33(19-22-8-10-23(30)11-9-22)28(35)20-34(25-14-12-24(31)13-15-25)39(37,38)26-16-6-21(3)7-17-26/h6-17,27H,4-5,18-20H2,1-3H3,(H,32,36). The molecule has 3 aromatic rings. The first kappa shape index (κ1) is 30.1. The molecule has 7 nitrogen and oxygen atoms in total. The van der Waals surface area contributed by atoms with Crippen molar-refractivity contribution in [3.63, 3.8) is 0 Å². The molecule has 0 radical (unpaired) electrons. The number of nitrogens with one attached hydrogen (secondary N) is 1. The largest absolute Gasteiger partial charge is 0.354 e. The molecule has 0 saturated heterocycles. The molecule has 39 heavy (non-hydrogen) atoms. The molecule has 0 aliphatic rings. The van der Waals surface area contributed by atoms with Crippen molar-refractivity contribution >= 4 is 39.1 Å². The zero-order valence-electron chi connectivity index (χ0n) is 22.2. The van der Waals surface area contributed by atoms with Crippen molar-refractivity contribution in [2.45, 2.75) is 51.1 Å². The summed E-state index contributed by atoms with van der Waals surface area (Å²) in [6, 6.07) is 17.2. The van der Waals surface area contributed by atoms with Crippen molar-refractivity contribution in [1.29, 1.82) is 0 Å². The number of amides is 2. The van der Waals surface area contributed by atoms with Crippen LogP contribution in [0, 0.1) is 12.7 Å². The number of anilines is 1. The number of carbonyl (C=O) groups is 2. The van der Waals surface area contributed by atoms with Gasteiger partial charge in [0.1, 0.15) is 18.4 Å². The average Bonchev–Trinajstić information content (AvgIpc) is 2.92. The van der Waals surface area contributed by atoms with Gasteiger partial charge in [0.25, 0.3) is 10.0 Å². The first-order valence-corrected chi connectivity index (χ1v) is 14.5. The van der Waals surface area contributed by atoms with Crippen LogP contribution in [0.2, 0.25) is 5.02 Å². The van der Waals surface area contributed by atoms with Gasteiger partial charge in [-0.3, -0.25) is 13.9 Å². The number of benzene rings is 3. The van der Waals surface area contributed by atoms with E-state index in [9.17, 15) is 22.4 Å². The summed E-state index contributed by atoms with van der Waals surface area (Å²) in [5, 5.41) is 3.36. The molecule has 1 atom stereocenters. The number of hydrogen-bond donors (Lipinski definition) is 1. The van der Waals surface area contributed by atoms with Crippen molar-refractivity contribution in [3.05, 3.63) is 94.8 Å². The summed E-state index contributed by atoms with van der Waals surface area (Å²) in [5.74, 6) is -1.44. The molecule has 2 amide bonds. The van der Waals surface area contributed by atoms with E-state index < -0.39 is 34.3 Å². The molecule has 0 spiro atoms. The van der Waals surface area contributed by atoms with Gasteiger partial charge in [0.15, 0.2) is 0 Å². The maximum atomic E-state index is 13.9. The van der Waals surface area contributed by atoms with Crippen LogP contribution in [0.25, 0.3) is 0 Å². The second kappa shape index (κ2) is 13.6. The van der Waals surface area contributed by atoms with Crippen LogP contribution in [0.1, 0.15) is 37.8 Å². The SMILES string of the molecule is CCCNC(=O)C(CC)N(Cc1ccc(Cl)cc1)C(=O)CN(c1ccc(F)cc1)S(=O)(=O)c1ccc(C)cc1. The molecule has 10 heteroatoms. The molecule has 208 valence electrons. The van der Waals surface area contributed by atoms with Gasteiger partial charge in [-0.05, 0) is 73.9 Å². The van der Waals surface area contributed by atoms with Crippen LogP contribution in [-0.2, 0) is 26.2 Å². The molecule has 0 aliphatic carbocycles. The van der Waals surface area contributed by atoms with Crippen molar-refractivity contribution < 1.29 is 22.4 Å². The molecule has 3 rings (SSSR count). The van der Waals surface area contributed by atoms with Crippen LogP contribution in [-0.4, -0.2) is 44.3 Å². The Morgan fingerprint density at radius 3 is 2.13 bits per heavy atom. The molecular formula is C29H33ClFN3O4S. The smallest absolute Gasteiger partial charge is 0.264 e. The number of sulfonamides is 1. The van der Waals surface area contributed by atoms with E-state index in [1.807, 2.05) is 13.8 Å². The first-order chi connectivity index (χ1) is 18.6. The topological polar surface area (TPSA) is 86.8 Å². The summed E-state index contributed by atoms with van der Waals surface area (Å²) in [6.07, 6.45) is 1.04. The fourth-order valence-corrected chi connectivity index (χ4v) is 5.59. The maximum Gasteiger partial charge on any atom is 0.264 e. The third kappa shape index (κ3) is 7.80. The van der Waals surface area contributed by atoms with Gasteiger partial charge in [0.2, 0.25) is 11.8 Å². The van der Waals surface area contributed by atoms with Crippen molar-refractivity contribution in [2.24, 2.45) is 0 Å². The molecule has 0 heterocycles. The highest BCUT2D eigenvalue weighted by atomic mass is 35.5. The number of hydrogen-bond acceptors (Lipinski definition) is 4. The zero-order valence-corrected chi connectivity index (χ0v) is 23.8. The third-order valence-electron chi connectivity index (χ3n) is 6.20.